The van der Waals surface area contributed by atoms with Gasteiger partial charge in [-0.1, -0.05) is 40.5 Å². The third-order valence-electron chi connectivity index (χ3n) is 3.93. The van der Waals surface area contributed by atoms with Gasteiger partial charge in [-0.15, -0.1) is 0 Å². The quantitative estimate of drug-likeness (QED) is 0.890. The van der Waals surface area contributed by atoms with Crippen molar-refractivity contribution in [3.05, 3.63) is 33.3 Å². The number of nitrogens with zero attached hydrogens (tertiary/aromatic N) is 1. The number of morpholine rings is 1. The van der Waals surface area contributed by atoms with Crippen LogP contribution in [0.15, 0.2) is 22.7 Å². The highest BCUT2D eigenvalue weighted by Gasteiger charge is 2.32. The van der Waals surface area contributed by atoms with Gasteiger partial charge in [0.15, 0.2) is 0 Å². The molecule has 0 aromatic heterocycles. The fourth-order valence-electron chi connectivity index (χ4n) is 2.82. The molecule has 0 bridgehead atoms. The van der Waals surface area contributed by atoms with Crippen molar-refractivity contribution in [3.8, 4) is 0 Å². The highest BCUT2D eigenvalue weighted by molar-refractivity contribution is 9.10. The van der Waals surface area contributed by atoms with Gasteiger partial charge < -0.3 is 10.5 Å². The van der Waals surface area contributed by atoms with E-state index < -0.39 is 0 Å². The molecule has 112 valence electrons. The average molecular weight is 362 g/mol. The standard InChI is InChI=1S/C15H22BrClN2O/c1-3-12-9-20-10(2)8-19(12)15(7-18)13-5-4-11(16)6-14(13)17/h4-6,10,12,15H,3,7-9,18H2,1-2H3. The van der Waals surface area contributed by atoms with Crippen molar-refractivity contribution >= 4 is 27.5 Å². The van der Waals surface area contributed by atoms with Crippen molar-refractivity contribution in [2.45, 2.75) is 38.5 Å². The van der Waals surface area contributed by atoms with Crippen molar-refractivity contribution in [1.29, 1.82) is 0 Å². The molecule has 2 N–H and O–H groups in total. The Labute approximate surface area is 134 Å². The van der Waals surface area contributed by atoms with Crippen molar-refractivity contribution < 1.29 is 4.74 Å². The molecular formula is C15H22BrClN2O. The van der Waals surface area contributed by atoms with Gasteiger partial charge in [-0.25, -0.2) is 0 Å². The van der Waals surface area contributed by atoms with E-state index in [-0.39, 0.29) is 12.1 Å². The minimum atomic E-state index is 0.145. The van der Waals surface area contributed by atoms with Crippen molar-refractivity contribution in [1.82, 2.24) is 4.90 Å². The number of nitrogens with two attached hydrogens (primary N) is 1. The summed E-state index contributed by atoms with van der Waals surface area (Å²) < 4.78 is 6.76. The summed E-state index contributed by atoms with van der Waals surface area (Å²) >= 11 is 9.86. The molecule has 1 aromatic carbocycles. The second-order valence-corrected chi connectivity index (χ2v) is 6.64. The van der Waals surface area contributed by atoms with Crippen LogP contribution in [0.25, 0.3) is 0 Å². The first kappa shape index (κ1) is 16.2. The zero-order chi connectivity index (χ0) is 14.7. The van der Waals surface area contributed by atoms with Crippen LogP contribution in [0.2, 0.25) is 5.02 Å². The number of rotatable bonds is 4. The third-order valence-corrected chi connectivity index (χ3v) is 4.75. The summed E-state index contributed by atoms with van der Waals surface area (Å²) in [6, 6.07) is 6.57. The monoisotopic (exact) mass is 360 g/mol. The van der Waals surface area contributed by atoms with Crippen LogP contribution in [0.5, 0.6) is 0 Å². The summed E-state index contributed by atoms with van der Waals surface area (Å²) in [6.45, 7) is 6.52. The molecule has 3 unspecified atom stereocenters. The minimum absolute atomic E-state index is 0.145. The molecule has 1 aliphatic heterocycles. The van der Waals surface area contributed by atoms with E-state index in [0.29, 0.717) is 12.6 Å². The highest BCUT2D eigenvalue weighted by Crippen LogP contribution is 2.32. The second-order valence-electron chi connectivity index (χ2n) is 5.32. The van der Waals surface area contributed by atoms with Gasteiger partial charge in [0, 0.05) is 34.7 Å². The van der Waals surface area contributed by atoms with E-state index in [4.69, 9.17) is 22.1 Å². The van der Waals surface area contributed by atoms with Crippen LogP contribution < -0.4 is 5.73 Å². The Morgan fingerprint density at radius 2 is 2.30 bits per heavy atom. The lowest BCUT2D eigenvalue weighted by Gasteiger charge is -2.43. The SMILES string of the molecule is CCC1COC(C)CN1C(CN)c1ccc(Br)cc1Cl. The summed E-state index contributed by atoms with van der Waals surface area (Å²) in [4.78, 5) is 2.45. The van der Waals surface area contributed by atoms with Crippen molar-refractivity contribution in [3.63, 3.8) is 0 Å². The summed E-state index contributed by atoms with van der Waals surface area (Å²) in [7, 11) is 0. The van der Waals surface area contributed by atoms with Gasteiger partial charge >= 0.3 is 0 Å². The maximum Gasteiger partial charge on any atom is 0.0675 e. The Balaban J connectivity index is 2.29. The zero-order valence-electron chi connectivity index (χ0n) is 12.0. The molecule has 0 aliphatic carbocycles. The largest absolute Gasteiger partial charge is 0.376 e. The Bertz CT molecular complexity index is 457. The lowest BCUT2D eigenvalue weighted by atomic mass is 10.0. The molecular weight excluding hydrogens is 340 g/mol. The van der Waals surface area contributed by atoms with Crippen molar-refractivity contribution in [2.24, 2.45) is 5.73 Å². The van der Waals surface area contributed by atoms with Crippen LogP contribution in [0, 0.1) is 0 Å². The van der Waals surface area contributed by atoms with Gasteiger partial charge in [-0.05, 0) is 31.0 Å². The first-order valence-electron chi connectivity index (χ1n) is 7.09. The summed E-state index contributed by atoms with van der Waals surface area (Å²) in [5.41, 5.74) is 7.15. The zero-order valence-corrected chi connectivity index (χ0v) is 14.3. The molecule has 0 radical (unpaired) electrons. The third kappa shape index (κ3) is 3.55. The Hall–Kier alpha value is -0.130. The van der Waals surface area contributed by atoms with Crippen LogP contribution in [0.1, 0.15) is 31.9 Å². The van der Waals surface area contributed by atoms with E-state index in [2.05, 4.69) is 40.7 Å². The topological polar surface area (TPSA) is 38.5 Å². The summed E-state index contributed by atoms with van der Waals surface area (Å²) in [6.07, 6.45) is 1.29. The van der Waals surface area contributed by atoms with E-state index in [0.717, 1.165) is 34.6 Å². The molecule has 0 spiro atoms. The maximum atomic E-state index is 6.41. The van der Waals surface area contributed by atoms with Crippen molar-refractivity contribution in [2.75, 3.05) is 19.7 Å². The van der Waals surface area contributed by atoms with Crippen LogP contribution in [0.4, 0.5) is 0 Å². The fraction of sp³-hybridized carbons (Fsp3) is 0.600. The Morgan fingerprint density at radius 1 is 1.55 bits per heavy atom. The first-order chi connectivity index (χ1) is 9.56. The molecule has 1 saturated heterocycles. The van der Waals surface area contributed by atoms with Gasteiger partial charge in [0.2, 0.25) is 0 Å². The first-order valence-corrected chi connectivity index (χ1v) is 8.26. The van der Waals surface area contributed by atoms with Gasteiger partial charge in [0.05, 0.1) is 12.7 Å². The Morgan fingerprint density at radius 3 is 2.90 bits per heavy atom. The number of halogens is 2. The molecule has 0 saturated carbocycles. The van der Waals surface area contributed by atoms with E-state index in [1.165, 1.54) is 0 Å². The van der Waals surface area contributed by atoms with Gasteiger partial charge in [0.1, 0.15) is 0 Å². The summed E-state index contributed by atoms with van der Waals surface area (Å²) in [5.74, 6) is 0. The number of benzene rings is 1. The van der Waals surface area contributed by atoms with Crippen LogP contribution in [-0.4, -0.2) is 36.7 Å². The maximum absolute atomic E-state index is 6.41. The lowest BCUT2D eigenvalue weighted by Crippen LogP contribution is -2.51. The Kier molecular flexibility index (Phi) is 5.87. The minimum Gasteiger partial charge on any atom is -0.376 e. The molecule has 2 rings (SSSR count). The molecule has 0 amide bonds. The molecule has 3 atom stereocenters. The molecule has 1 aliphatic rings. The van der Waals surface area contributed by atoms with E-state index in [1.54, 1.807) is 0 Å². The second kappa shape index (κ2) is 7.23. The molecule has 3 nitrogen and oxygen atoms in total. The molecule has 5 heteroatoms. The number of hydrogen-bond donors (Lipinski definition) is 1. The fourth-order valence-corrected chi connectivity index (χ4v) is 3.62. The molecule has 1 heterocycles. The summed E-state index contributed by atoms with van der Waals surface area (Å²) in [5, 5.41) is 0.767. The number of ether oxygens (including phenoxy) is 1. The van der Waals surface area contributed by atoms with Gasteiger partial charge in [-0.3, -0.25) is 4.90 Å². The molecule has 1 fully saturated rings. The van der Waals surface area contributed by atoms with E-state index >= 15 is 0 Å². The van der Waals surface area contributed by atoms with Gasteiger partial charge in [0.25, 0.3) is 0 Å². The normalized spacial score (nSPS) is 25.6. The van der Waals surface area contributed by atoms with Gasteiger partial charge in [-0.2, -0.15) is 0 Å². The smallest absolute Gasteiger partial charge is 0.0675 e. The predicted octanol–water partition coefficient (Wildman–Crippen LogP) is 3.60. The van der Waals surface area contributed by atoms with Crippen LogP contribution in [0.3, 0.4) is 0 Å². The predicted molar refractivity (Wildman–Crippen MR) is 87.1 cm³/mol. The van der Waals surface area contributed by atoms with E-state index in [1.807, 2.05) is 12.1 Å². The lowest BCUT2D eigenvalue weighted by molar-refractivity contribution is -0.0719. The average Bonchev–Trinajstić information content (AvgIpc) is 2.42. The number of hydrogen-bond acceptors (Lipinski definition) is 3. The molecule has 20 heavy (non-hydrogen) atoms. The molecule has 1 aromatic rings. The van der Waals surface area contributed by atoms with Crippen LogP contribution in [-0.2, 0) is 4.74 Å². The highest BCUT2D eigenvalue weighted by atomic mass is 79.9. The van der Waals surface area contributed by atoms with E-state index in [9.17, 15) is 0 Å². The van der Waals surface area contributed by atoms with Crippen LogP contribution >= 0.6 is 27.5 Å².